The highest BCUT2D eigenvalue weighted by Crippen LogP contribution is 2.29. The van der Waals surface area contributed by atoms with E-state index in [1.807, 2.05) is 54.9 Å². The van der Waals surface area contributed by atoms with Gasteiger partial charge in [0.1, 0.15) is 24.3 Å². The summed E-state index contributed by atoms with van der Waals surface area (Å²) in [5.74, 6) is 1.76. The summed E-state index contributed by atoms with van der Waals surface area (Å²) < 4.78 is 19.1. The van der Waals surface area contributed by atoms with Crippen LogP contribution in [0.4, 0.5) is 0 Å². The molecule has 29 heavy (non-hydrogen) atoms. The number of carbonyl (C=O) groups is 1. The number of nitrogens with zero attached hydrogens (tertiary/aromatic N) is 2. The standard InChI is InChI=1S/C21H22N2O3.CH2O2/c1-24-20-15-25-14-19(20)23-12-11-22-21(23)17-7-9-18(10-8-17)26-13-16-5-3-2-4-6-16;2-1-3/h2-12,19-20H,13-15H2,1H3;1H,(H,2,3)/t19-,20+;/m1./s1. The molecule has 0 spiro atoms. The first-order valence-corrected chi connectivity index (χ1v) is 9.25. The summed E-state index contributed by atoms with van der Waals surface area (Å²) in [6.45, 7) is 1.56. The van der Waals surface area contributed by atoms with Gasteiger partial charge in [-0.15, -0.1) is 0 Å². The first kappa shape index (κ1) is 20.6. The Morgan fingerprint density at radius 2 is 1.90 bits per heavy atom. The normalized spacial score (nSPS) is 18.0. The Morgan fingerprint density at radius 3 is 2.59 bits per heavy atom. The van der Waals surface area contributed by atoms with Crippen LogP contribution in [-0.2, 0) is 20.9 Å². The second kappa shape index (κ2) is 10.4. The molecular formula is C22H24N2O5. The lowest BCUT2D eigenvalue weighted by molar-refractivity contribution is -0.122. The maximum absolute atomic E-state index is 8.36. The molecule has 1 aliphatic heterocycles. The highest BCUT2D eigenvalue weighted by atomic mass is 16.5. The van der Waals surface area contributed by atoms with Gasteiger partial charge in [-0.2, -0.15) is 0 Å². The average molecular weight is 396 g/mol. The summed E-state index contributed by atoms with van der Waals surface area (Å²) in [6, 6.07) is 18.3. The zero-order valence-electron chi connectivity index (χ0n) is 16.2. The maximum Gasteiger partial charge on any atom is 0.290 e. The molecule has 2 atom stereocenters. The lowest BCUT2D eigenvalue weighted by Gasteiger charge is -2.20. The van der Waals surface area contributed by atoms with Crippen molar-refractivity contribution in [2.45, 2.75) is 18.8 Å². The molecule has 4 rings (SSSR count). The van der Waals surface area contributed by atoms with Gasteiger partial charge in [0.05, 0.1) is 19.3 Å². The molecule has 1 saturated heterocycles. The Bertz CT molecular complexity index is 880. The second-order valence-corrected chi connectivity index (χ2v) is 6.44. The minimum Gasteiger partial charge on any atom is -0.489 e. The van der Waals surface area contributed by atoms with E-state index < -0.39 is 0 Å². The molecule has 1 aromatic heterocycles. The highest BCUT2D eigenvalue weighted by Gasteiger charge is 2.31. The van der Waals surface area contributed by atoms with Crippen LogP contribution in [0.1, 0.15) is 11.6 Å². The largest absolute Gasteiger partial charge is 0.489 e. The third-order valence-corrected chi connectivity index (χ3v) is 4.69. The van der Waals surface area contributed by atoms with Crippen LogP contribution >= 0.6 is 0 Å². The van der Waals surface area contributed by atoms with Crippen LogP contribution in [0.15, 0.2) is 67.0 Å². The van der Waals surface area contributed by atoms with E-state index in [1.54, 1.807) is 7.11 Å². The monoisotopic (exact) mass is 396 g/mol. The van der Waals surface area contributed by atoms with Crippen molar-refractivity contribution in [1.82, 2.24) is 9.55 Å². The zero-order valence-corrected chi connectivity index (χ0v) is 16.2. The summed E-state index contributed by atoms with van der Waals surface area (Å²) in [7, 11) is 1.72. The van der Waals surface area contributed by atoms with Crippen LogP contribution < -0.4 is 4.74 Å². The smallest absolute Gasteiger partial charge is 0.290 e. The van der Waals surface area contributed by atoms with Gasteiger partial charge in [0.15, 0.2) is 0 Å². The van der Waals surface area contributed by atoms with Crippen LogP contribution in [0.5, 0.6) is 5.75 Å². The zero-order chi connectivity index (χ0) is 20.5. The third kappa shape index (κ3) is 5.22. The van der Waals surface area contributed by atoms with Gasteiger partial charge in [-0.25, -0.2) is 4.98 Å². The van der Waals surface area contributed by atoms with Gasteiger partial charge in [0.2, 0.25) is 0 Å². The van der Waals surface area contributed by atoms with E-state index >= 15 is 0 Å². The quantitative estimate of drug-likeness (QED) is 0.643. The molecule has 3 aromatic rings. The molecule has 0 bridgehead atoms. The molecule has 1 aliphatic rings. The Kier molecular flexibility index (Phi) is 7.38. The second-order valence-electron chi connectivity index (χ2n) is 6.44. The minimum atomic E-state index is -0.250. The third-order valence-electron chi connectivity index (χ3n) is 4.69. The summed E-state index contributed by atoms with van der Waals surface area (Å²) >= 11 is 0. The van der Waals surface area contributed by atoms with Crippen molar-refractivity contribution in [1.29, 1.82) is 0 Å². The maximum atomic E-state index is 8.36. The number of carboxylic acid groups (broad SMARTS) is 1. The molecule has 7 heteroatoms. The number of ether oxygens (including phenoxy) is 3. The lowest BCUT2D eigenvalue weighted by Crippen LogP contribution is -2.24. The van der Waals surface area contributed by atoms with E-state index in [-0.39, 0.29) is 18.6 Å². The van der Waals surface area contributed by atoms with Gasteiger partial charge < -0.3 is 23.9 Å². The summed E-state index contributed by atoms with van der Waals surface area (Å²) in [6.07, 6.45) is 3.86. The number of hydrogen-bond donors (Lipinski definition) is 1. The molecule has 7 nitrogen and oxygen atoms in total. The molecule has 2 heterocycles. The van der Waals surface area contributed by atoms with Gasteiger partial charge in [-0.1, -0.05) is 30.3 Å². The van der Waals surface area contributed by atoms with Crippen LogP contribution in [0.2, 0.25) is 0 Å². The van der Waals surface area contributed by atoms with E-state index in [0.717, 1.165) is 22.7 Å². The van der Waals surface area contributed by atoms with Gasteiger partial charge in [0, 0.05) is 25.1 Å². The van der Waals surface area contributed by atoms with E-state index in [2.05, 4.69) is 21.7 Å². The van der Waals surface area contributed by atoms with E-state index in [0.29, 0.717) is 19.8 Å². The van der Waals surface area contributed by atoms with Crippen molar-refractivity contribution in [3.63, 3.8) is 0 Å². The Balaban J connectivity index is 0.000000755. The van der Waals surface area contributed by atoms with Crippen LogP contribution in [-0.4, -0.2) is 47.6 Å². The van der Waals surface area contributed by atoms with Crippen molar-refractivity contribution in [2.75, 3.05) is 20.3 Å². The van der Waals surface area contributed by atoms with Crippen LogP contribution in [0, 0.1) is 0 Å². The molecule has 0 amide bonds. The van der Waals surface area contributed by atoms with Crippen molar-refractivity contribution in [3.05, 3.63) is 72.6 Å². The van der Waals surface area contributed by atoms with Gasteiger partial charge in [-0.3, -0.25) is 4.79 Å². The predicted octanol–water partition coefficient (Wildman–Crippen LogP) is 3.42. The lowest BCUT2D eigenvalue weighted by atomic mass is 10.1. The first-order chi connectivity index (χ1) is 14.3. The highest BCUT2D eigenvalue weighted by molar-refractivity contribution is 5.57. The summed E-state index contributed by atoms with van der Waals surface area (Å²) in [5.41, 5.74) is 2.20. The fourth-order valence-electron chi connectivity index (χ4n) is 3.25. The van der Waals surface area contributed by atoms with E-state index in [1.165, 1.54) is 0 Å². The topological polar surface area (TPSA) is 82.8 Å². The molecule has 152 valence electrons. The van der Waals surface area contributed by atoms with Crippen LogP contribution in [0.25, 0.3) is 11.4 Å². The summed E-state index contributed by atoms with van der Waals surface area (Å²) in [5, 5.41) is 6.89. The van der Waals surface area contributed by atoms with Gasteiger partial charge >= 0.3 is 0 Å². The van der Waals surface area contributed by atoms with E-state index in [9.17, 15) is 0 Å². The molecule has 2 aromatic carbocycles. The van der Waals surface area contributed by atoms with Gasteiger partial charge in [-0.05, 0) is 29.8 Å². The van der Waals surface area contributed by atoms with Gasteiger partial charge in [0.25, 0.3) is 6.47 Å². The molecule has 1 fully saturated rings. The molecule has 0 unspecified atom stereocenters. The Labute approximate surface area is 169 Å². The summed E-state index contributed by atoms with van der Waals surface area (Å²) in [4.78, 5) is 12.9. The number of imidazole rings is 1. The molecule has 0 aliphatic carbocycles. The Morgan fingerprint density at radius 1 is 1.17 bits per heavy atom. The molecular weight excluding hydrogens is 372 g/mol. The molecule has 0 saturated carbocycles. The predicted molar refractivity (Wildman–Crippen MR) is 108 cm³/mol. The number of hydrogen-bond acceptors (Lipinski definition) is 5. The van der Waals surface area contributed by atoms with Crippen molar-refractivity contribution >= 4 is 6.47 Å². The molecule has 1 N–H and O–H groups in total. The number of aromatic nitrogens is 2. The number of benzene rings is 2. The van der Waals surface area contributed by atoms with Crippen LogP contribution in [0.3, 0.4) is 0 Å². The fraction of sp³-hybridized carbons (Fsp3) is 0.273. The number of methoxy groups -OCH3 is 1. The fourth-order valence-corrected chi connectivity index (χ4v) is 3.25. The number of rotatable bonds is 6. The average Bonchev–Trinajstić information content (AvgIpc) is 3.43. The SMILES string of the molecule is CO[C@H]1COC[C@H]1n1ccnc1-c1ccc(OCc2ccccc2)cc1.O=CO. The minimum absolute atomic E-state index is 0.0522. The van der Waals surface area contributed by atoms with Crippen molar-refractivity contribution in [3.8, 4) is 17.1 Å². The first-order valence-electron chi connectivity index (χ1n) is 9.25. The van der Waals surface area contributed by atoms with Crippen molar-refractivity contribution < 1.29 is 24.1 Å². The molecule has 0 radical (unpaired) electrons. The Hall–Kier alpha value is -3.16. The van der Waals surface area contributed by atoms with Crippen molar-refractivity contribution in [2.24, 2.45) is 0 Å². The van der Waals surface area contributed by atoms with E-state index in [4.69, 9.17) is 24.1 Å².